The van der Waals surface area contributed by atoms with Crippen molar-refractivity contribution in [3.63, 3.8) is 0 Å². The van der Waals surface area contributed by atoms with Crippen LogP contribution in [0.15, 0.2) is 66.7 Å². The van der Waals surface area contributed by atoms with Gasteiger partial charge in [-0.1, -0.05) is 35.9 Å². The number of carbonyl (C=O) groups excluding carboxylic acids is 1. The number of aliphatic hydroxyl groups excluding tert-OH is 1. The predicted molar refractivity (Wildman–Crippen MR) is 142 cm³/mol. The summed E-state index contributed by atoms with van der Waals surface area (Å²) in [5, 5.41) is 20.4. The number of carboxylic acids is 1. The number of carboxylic acid groups (broad SMARTS) is 1. The molecule has 1 heterocycles. The number of carbonyl (C=O) groups is 2. The Bertz CT molecular complexity index is 1290. The first kappa shape index (κ1) is 29.9. The summed E-state index contributed by atoms with van der Waals surface area (Å²) in [5.41, 5.74) is 4.40. The number of alkyl halides is 3. The van der Waals surface area contributed by atoms with Crippen LogP contribution in [0.2, 0.25) is 5.02 Å². The van der Waals surface area contributed by atoms with Crippen molar-refractivity contribution in [2.24, 2.45) is 0 Å². The quantitative estimate of drug-likeness (QED) is 0.347. The molecule has 1 aliphatic heterocycles. The van der Waals surface area contributed by atoms with Gasteiger partial charge in [0.05, 0.1) is 13.2 Å². The molecule has 1 aliphatic rings. The van der Waals surface area contributed by atoms with Gasteiger partial charge in [-0.2, -0.15) is 13.2 Å². The second-order valence-corrected chi connectivity index (χ2v) is 9.32. The van der Waals surface area contributed by atoms with E-state index in [1.807, 2.05) is 36.4 Å². The molecular weight excluding hydrogens is 537 g/mol. The third-order valence-corrected chi connectivity index (χ3v) is 6.25. The van der Waals surface area contributed by atoms with Crippen LogP contribution in [0.25, 0.3) is 11.1 Å². The van der Waals surface area contributed by atoms with Crippen molar-refractivity contribution in [3.05, 3.63) is 82.9 Å². The van der Waals surface area contributed by atoms with Crippen LogP contribution in [0.4, 0.5) is 18.9 Å². The highest BCUT2D eigenvalue weighted by atomic mass is 35.5. The maximum absolute atomic E-state index is 12.6. The van der Waals surface area contributed by atoms with Gasteiger partial charge in [0.15, 0.2) is 0 Å². The average Bonchev–Trinajstić information content (AvgIpc) is 2.90. The zero-order valence-electron chi connectivity index (χ0n) is 21.0. The lowest BCUT2D eigenvalue weighted by atomic mass is 10.0. The molecule has 0 radical (unpaired) electrons. The van der Waals surface area contributed by atoms with Gasteiger partial charge in [0.25, 0.3) is 5.91 Å². The van der Waals surface area contributed by atoms with Crippen LogP contribution in [0.3, 0.4) is 0 Å². The van der Waals surface area contributed by atoms with E-state index in [2.05, 4.69) is 16.3 Å². The van der Waals surface area contributed by atoms with Gasteiger partial charge in [0.1, 0.15) is 5.75 Å². The number of nitrogens with zero attached hydrogens (tertiary/aromatic N) is 1. The summed E-state index contributed by atoms with van der Waals surface area (Å²) in [4.78, 5) is 23.8. The number of ether oxygens (including phenoxy) is 1. The summed E-state index contributed by atoms with van der Waals surface area (Å²) in [6.07, 6.45) is -3.67. The highest BCUT2D eigenvalue weighted by molar-refractivity contribution is 6.31. The molecule has 7 nitrogen and oxygen atoms in total. The average molecular weight is 565 g/mol. The first-order chi connectivity index (χ1) is 18.5. The molecule has 0 aliphatic carbocycles. The Morgan fingerprint density at radius 2 is 1.67 bits per heavy atom. The number of anilines is 1. The standard InChI is InChI=1S/C26H27ClN2O3.C2HF3O2/c1-32-25-9-8-19(14-21(25)17-29-12-10-24(30)11-13-29)18-4-3-7-23(16-18)28-26(31)20-5-2-6-22(27)15-20;3-2(4,5)1(6)7/h2-9,14-16,24,30H,10-13,17H2,1H3,(H,28,31);(H,6,7). The summed E-state index contributed by atoms with van der Waals surface area (Å²) < 4.78 is 37.3. The molecule has 1 fully saturated rings. The number of halogens is 4. The molecule has 0 saturated carbocycles. The van der Waals surface area contributed by atoms with Crippen LogP contribution in [0.5, 0.6) is 5.75 Å². The number of piperidine rings is 1. The topological polar surface area (TPSA) is 99.1 Å². The minimum absolute atomic E-state index is 0.190. The van der Waals surface area contributed by atoms with Crippen molar-refractivity contribution in [3.8, 4) is 16.9 Å². The molecular formula is C28H28ClF3N2O5. The van der Waals surface area contributed by atoms with Gasteiger partial charge in [0.2, 0.25) is 0 Å². The molecule has 3 aromatic carbocycles. The van der Waals surface area contributed by atoms with Crippen molar-refractivity contribution >= 4 is 29.2 Å². The van der Waals surface area contributed by atoms with E-state index in [1.165, 1.54) is 0 Å². The molecule has 11 heteroatoms. The first-order valence-electron chi connectivity index (χ1n) is 12.0. The van der Waals surface area contributed by atoms with Crippen molar-refractivity contribution < 1.29 is 37.7 Å². The Balaban J connectivity index is 0.000000532. The molecule has 0 spiro atoms. The summed E-state index contributed by atoms with van der Waals surface area (Å²) in [6.45, 7) is 2.52. The molecule has 1 amide bonds. The normalized spacial score (nSPS) is 14.2. The molecule has 1 saturated heterocycles. The molecule has 0 unspecified atom stereocenters. The smallest absolute Gasteiger partial charge is 0.490 e. The van der Waals surface area contributed by atoms with E-state index < -0.39 is 12.1 Å². The summed E-state index contributed by atoms with van der Waals surface area (Å²) in [7, 11) is 1.68. The molecule has 3 aromatic rings. The number of aliphatic carboxylic acids is 1. The molecule has 4 rings (SSSR count). The maximum Gasteiger partial charge on any atom is 0.490 e. The van der Waals surface area contributed by atoms with E-state index in [1.54, 1.807) is 31.4 Å². The third kappa shape index (κ3) is 8.98. The lowest BCUT2D eigenvalue weighted by Gasteiger charge is -2.30. The Morgan fingerprint density at radius 1 is 1.03 bits per heavy atom. The molecule has 0 atom stereocenters. The second-order valence-electron chi connectivity index (χ2n) is 8.88. The minimum atomic E-state index is -5.08. The van der Waals surface area contributed by atoms with Gasteiger partial charge in [-0.05, 0) is 66.4 Å². The number of benzene rings is 3. The zero-order chi connectivity index (χ0) is 28.6. The second kappa shape index (κ2) is 13.5. The summed E-state index contributed by atoms with van der Waals surface area (Å²) in [6, 6.07) is 20.8. The fourth-order valence-corrected chi connectivity index (χ4v) is 4.20. The fourth-order valence-electron chi connectivity index (χ4n) is 4.01. The van der Waals surface area contributed by atoms with E-state index in [0.29, 0.717) is 10.6 Å². The van der Waals surface area contributed by atoms with Crippen LogP contribution in [-0.4, -0.2) is 59.5 Å². The SMILES string of the molecule is COc1ccc(-c2cccc(NC(=O)c3cccc(Cl)c3)c2)cc1CN1CCC(O)CC1.O=C(O)C(F)(F)F. The zero-order valence-corrected chi connectivity index (χ0v) is 21.8. The van der Waals surface area contributed by atoms with Crippen LogP contribution in [0, 0.1) is 0 Å². The lowest BCUT2D eigenvalue weighted by Crippen LogP contribution is -2.35. The van der Waals surface area contributed by atoms with Gasteiger partial charge < -0.3 is 20.3 Å². The molecule has 39 heavy (non-hydrogen) atoms. The van der Waals surface area contributed by atoms with E-state index in [9.17, 15) is 23.1 Å². The minimum Gasteiger partial charge on any atom is -0.496 e. The maximum atomic E-state index is 12.6. The first-order valence-corrected chi connectivity index (χ1v) is 12.4. The number of rotatable bonds is 6. The van der Waals surface area contributed by atoms with E-state index in [4.69, 9.17) is 26.2 Å². The van der Waals surface area contributed by atoms with Gasteiger partial charge in [-0.15, -0.1) is 0 Å². The third-order valence-electron chi connectivity index (χ3n) is 6.01. The molecule has 0 bridgehead atoms. The Morgan fingerprint density at radius 3 is 2.28 bits per heavy atom. The van der Waals surface area contributed by atoms with Crippen LogP contribution >= 0.6 is 11.6 Å². The van der Waals surface area contributed by atoms with Crippen molar-refractivity contribution in [2.75, 3.05) is 25.5 Å². The lowest BCUT2D eigenvalue weighted by molar-refractivity contribution is -0.192. The molecule has 3 N–H and O–H groups in total. The highest BCUT2D eigenvalue weighted by Gasteiger charge is 2.38. The molecule has 208 valence electrons. The highest BCUT2D eigenvalue weighted by Crippen LogP contribution is 2.30. The number of hydrogen-bond acceptors (Lipinski definition) is 5. The Labute approximate surface area is 228 Å². The van der Waals surface area contributed by atoms with Crippen LogP contribution < -0.4 is 10.1 Å². The Kier molecular flexibility index (Phi) is 10.3. The van der Waals surface area contributed by atoms with E-state index >= 15 is 0 Å². The summed E-state index contributed by atoms with van der Waals surface area (Å²) >= 11 is 6.01. The number of nitrogens with one attached hydrogen (secondary N) is 1. The van der Waals surface area contributed by atoms with Gasteiger partial charge in [-0.25, -0.2) is 4.79 Å². The predicted octanol–water partition coefficient (Wildman–Crippen LogP) is 5.86. The summed E-state index contributed by atoms with van der Waals surface area (Å²) in [5.74, 6) is -2.11. The van der Waals surface area contributed by atoms with E-state index in [-0.39, 0.29) is 12.0 Å². The van der Waals surface area contributed by atoms with Gasteiger partial charge in [-0.3, -0.25) is 9.69 Å². The number of hydrogen-bond donors (Lipinski definition) is 3. The van der Waals surface area contributed by atoms with Crippen molar-refractivity contribution in [1.29, 1.82) is 0 Å². The number of methoxy groups -OCH3 is 1. The van der Waals surface area contributed by atoms with Gasteiger partial charge in [0, 0.05) is 41.5 Å². The molecule has 0 aromatic heterocycles. The number of aliphatic hydroxyl groups is 1. The van der Waals surface area contributed by atoms with Crippen LogP contribution in [-0.2, 0) is 11.3 Å². The Hall–Kier alpha value is -3.60. The number of likely N-dealkylation sites (tertiary alicyclic amines) is 1. The van der Waals surface area contributed by atoms with Crippen molar-refractivity contribution in [2.45, 2.75) is 31.7 Å². The van der Waals surface area contributed by atoms with E-state index in [0.717, 1.165) is 60.6 Å². The number of amides is 1. The largest absolute Gasteiger partial charge is 0.496 e. The monoisotopic (exact) mass is 564 g/mol. The fraction of sp³-hybridized carbons (Fsp3) is 0.286. The van der Waals surface area contributed by atoms with Crippen molar-refractivity contribution in [1.82, 2.24) is 4.90 Å². The van der Waals surface area contributed by atoms with Crippen LogP contribution in [0.1, 0.15) is 28.8 Å². The van der Waals surface area contributed by atoms with Gasteiger partial charge >= 0.3 is 12.1 Å².